The van der Waals surface area contributed by atoms with E-state index in [4.69, 9.17) is 4.63 Å². The van der Waals surface area contributed by atoms with Gasteiger partial charge >= 0.3 is 0 Å². The number of nitrogens with zero attached hydrogens (tertiary/aromatic N) is 3. The molecule has 11 heteroatoms. The van der Waals surface area contributed by atoms with Gasteiger partial charge in [-0.15, -0.1) is 0 Å². The standard InChI is InChI=1S/C17H22BrFN4O4S/c1-20-28(25,26)9-5-3-2-4-6-15-17(23-27-22-15)16(21-24)11-12-7-8-14(19)13(18)10-12/h7-8,10,20,24H,2-6,9,11H2,1H3/b21-16+. The summed E-state index contributed by atoms with van der Waals surface area (Å²) in [5.74, 6) is -0.271. The fraction of sp³-hybridized carbons (Fsp3) is 0.471. The van der Waals surface area contributed by atoms with E-state index in [0.717, 1.165) is 24.8 Å². The minimum absolute atomic E-state index is 0.106. The predicted octanol–water partition coefficient (Wildman–Crippen LogP) is 3.04. The molecule has 1 heterocycles. The van der Waals surface area contributed by atoms with E-state index in [1.54, 1.807) is 12.1 Å². The summed E-state index contributed by atoms with van der Waals surface area (Å²) in [5, 5.41) is 20.4. The van der Waals surface area contributed by atoms with Gasteiger partial charge in [-0.05, 0) is 65.1 Å². The normalized spacial score (nSPS) is 12.5. The van der Waals surface area contributed by atoms with Crippen LogP contribution in [0.1, 0.15) is 42.6 Å². The maximum Gasteiger partial charge on any atom is 0.211 e. The Morgan fingerprint density at radius 2 is 2.04 bits per heavy atom. The van der Waals surface area contributed by atoms with Gasteiger partial charge in [-0.25, -0.2) is 22.2 Å². The molecule has 0 aliphatic heterocycles. The van der Waals surface area contributed by atoms with E-state index in [1.807, 2.05) is 0 Å². The molecule has 2 N–H and O–H groups in total. The van der Waals surface area contributed by atoms with Crippen LogP contribution >= 0.6 is 15.9 Å². The summed E-state index contributed by atoms with van der Waals surface area (Å²) in [5.41, 5.74) is 1.94. The third-order valence-corrected chi connectivity index (χ3v) is 6.25. The second-order valence-electron chi connectivity index (χ2n) is 6.22. The van der Waals surface area contributed by atoms with Gasteiger partial charge in [0.05, 0.1) is 10.2 Å². The lowest BCUT2D eigenvalue weighted by molar-refractivity contribution is 0.300. The Bertz CT molecular complexity index is 918. The summed E-state index contributed by atoms with van der Waals surface area (Å²) in [6.45, 7) is 0. The van der Waals surface area contributed by atoms with Gasteiger partial charge in [0.15, 0.2) is 5.69 Å². The fourth-order valence-corrected chi connectivity index (χ4v) is 3.85. The van der Waals surface area contributed by atoms with Gasteiger partial charge in [0, 0.05) is 6.42 Å². The summed E-state index contributed by atoms with van der Waals surface area (Å²) in [4.78, 5) is 0. The van der Waals surface area contributed by atoms with Crippen molar-refractivity contribution in [2.75, 3.05) is 12.8 Å². The SMILES string of the molecule is CNS(=O)(=O)CCCCCCc1nonc1/C(Cc1ccc(F)c(Br)c1)=N/O. The molecule has 0 atom stereocenters. The molecule has 0 aliphatic rings. The molecular formula is C17H22BrFN4O4S. The van der Waals surface area contributed by atoms with Gasteiger partial charge in [-0.2, -0.15) is 0 Å². The van der Waals surface area contributed by atoms with Gasteiger partial charge in [0.2, 0.25) is 10.0 Å². The number of unbranched alkanes of at least 4 members (excludes halogenated alkanes) is 3. The molecule has 0 saturated carbocycles. The van der Waals surface area contributed by atoms with Crippen molar-refractivity contribution >= 4 is 31.7 Å². The number of benzene rings is 1. The van der Waals surface area contributed by atoms with Gasteiger partial charge in [-0.3, -0.25) is 0 Å². The second-order valence-corrected chi connectivity index (χ2v) is 9.12. The number of nitrogens with one attached hydrogen (secondary N) is 1. The second kappa shape index (κ2) is 10.6. The minimum Gasteiger partial charge on any atom is -0.411 e. The van der Waals surface area contributed by atoms with Gasteiger partial charge in [0.1, 0.15) is 17.2 Å². The third-order valence-electron chi connectivity index (χ3n) is 4.19. The smallest absolute Gasteiger partial charge is 0.211 e. The van der Waals surface area contributed by atoms with Crippen LogP contribution in [0.3, 0.4) is 0 Å². The number of aromatic nitrogens is 2. The summed E-state index contributed by atoms with van der Waals surface area (Å²) in [7, 11) is -1.76. The Labute approximate surface area is 171 Å². The molecule has 154 valence electrons. The highest BCUT2D eigenvalue weighted by atomic mass is 79.9. The summed E-state index contributed by atoms with van der Waals surface area (Å²) in [6.07, 6.45) is 3.73. The van der Waals surface area contributed by atoms with Crippen LogP contribution in [0, 0.1) is 5.82 Å². The van der Waals surface area contributed by atoms with Gasteiger partial charge in [0.25, 0.3) is 0 Å². The van der Waals surface area contributed by atoms with E-state index in [-0.39, 0.29) is 23.7 Å². The summed E-state index contributed by atoms with van der Waals surface area (Å²) in [6, 6.07) is 4.52. The minimum atomic E-state index is -3.16. The van der Waals surface area contributed by atoms with Crippen molar-refractivity contribution in [2.45, 2.75) is 38.5 Å². The molecule has 0 fully saturated rings. The van der Waals surface area contributed by atoms with Crippen LogP contribution in [0.25, 0.3) is 0 Å². The van der Waals surface area contributed by atoms with Crippen LogP contribution in [0.4, 0.5) is 4.39 Å². The van der Waals surface area contributed by atoms with Crippen molar-refractivity contribution in [2.24, 2.45) is 5.16 Å². The Morgan fingerprint density at radius 1 is 1.29 bits per heavy atom. The van der Waals surface area contributed by atoms with Crippen LogP contribution in [0.15, 0.2) is 32.5 Å². The molecule has 8 nitrogen and oxygen atoms in total. The molecule has 0 saturated heterocycles. The molecule has 2 aromatic rings. The zero-order chi connectivity index (χ0) is 20.6. The molecule has 0 bridgehead atoms. The van der Waals surface area contributed by atoms with Crippen molar-refractivity contribution in [3.8, 4) is 0 Å². The highest BCUT2D eigenvalue weighted by Gasteiger charge is 2.18. The van der Waals surface area contributed by atoms with Crippen molar-refractivity contribution in [1.29, 1.82) is 0 Å². The quantitative estimate of drug-likeness (QED) is 0.222. The Balaban J connectivity index is 1.89. The monoisotopic (exact) mass is 476 g/mol. The lowest BCUT2D eigenvalue weighted by Crippen LogP contribution is -2.21. The van der Waals surface area contributed by atoms with E-state index in [2.05, 4.69) is 36.1 Å². The van der Waals surface area contributed by atoms with Crippen LogP contribution in [-0.2, 0) is 22.9 Å². The highest BCUT2D eigenvalue weighted by Crippen LogP contribution is 2.19. The van der Waals surface area contributed by atoms with Crippen molar-refractivity contribution < 1.29 is 22.6 Å². The topological polar surface area (TPSA) is 118 Å². The maximum atomic E-state index is 13.4. The molecule has 2 rings (SSSR count). The van der Waals surface area contributed by atoms with Crippen molar-refractivity contribution in [1.82, 2.24) is 15.0 Å². The first kappa shape index (κ1) is 22.4. The van der Waals surface area contributed by atoms with Crippen LogP contribution < -0.4 is 4.72 Å². The molecule has 0 radical (unpaired) electrons. The molecule has 0 spiro atoms. The number of hydrogen-bond donors (Lipinski definition) is 2. The van der Waals surface area contributed by atoms with E-state index >= 15 is 0 Å². The average molecular weight is 477 g/mol. The Hall–Kier alpha value is -1.85. The maximum absolute atomic E-state index is 13.4. The number of aryl methyl sites for hydroxylation is 1. The van der Waals surface area contributed by atoms with E-state index < -0.39 is 10.0 Å². The van der Waals surface area contributed by atoms with Gasteiger partial charge in [-0.1, -0.05) is 29.2 Å². The first-order valence-corrected chi connectivity index (χ1v) is 11.2. The molecule has 28 heavy (non-hydrogen) atoms. The number of rotatable bonds is 11. The lowest BCUT2D eigenvalue weighted by Gasteiger charge is -2.05. The number of hydrogen-bond acceptors (Lipinski definition) is 7. The number of sulfonamides is 1. The Kier molecular flexibility index (Phi) is 8.52. The van der Waals surface area contributed by atoms with Crippen molar-refractivity contribution in [3.05, 3.63) is 45.4 Å². The zero-order valence-corrected chi connectivity index (χ0v) is 17.8. The zero-order valence-electron chi connectivity index (χ0n) is 15.4. The number of oxime groups is 1. The summed E-state index contributed by atoms with van der Waals surface area (Å²) >= 11 is 3.13. The predicted molar refractivity (Wildman–Crippen MR) is 105 cm³/mol. The molecule has 0 aliphatic carbocycles. The fourth-order valence-electron chi connectivity index (χ4n) is 2.64. The van der Waals surface area contributed by atoms with Crippen LogP contribution in [-0.4, -0.2) is 42.5 Å². The molecule has 0 amide bonds. The molecule has 1 aromatic heterocycles. The molecule has 1 aromatic carbocycles. The van der Waals surface area contributed by atoms with Crippen molar-refractivity contribution in [3.63, 3.8) is 0 Å². The van der Waals surface area contributed by atoms with Crippen LogP contribution in [0.2, 0.25) is 0 Å². The van der Waals surface area contributed by atoms with E-state index in [1.165, 1.54) is 13.1 Å². The lowest BCUT2D eigenvalue weighted by atomic mass is 10.0. The first-order valence-electron chi connectivity index (χ1n) is 8.74. The van der Waals surface area contributed by atoms with E-state index in [0.29, 0.717) is 28.7 Å². The third kappa shape index (κ3) is 6.64. The largest absolute Gasteiger partial charge is 0.411 e. The molecular weight excluding hydrogens is 455 g/mol. The number of halogens is 2. The Morgan fingerprint density at radius 3 is 2.71 bits per heavy atom. The first-order chi connectivity index (χ1) is 13.4. The average Bonchev–Trinajstić information content (AvgIpc) is 3.13. The summed E-state index contributed by atoms with van der Waals surface area (Å²) < 4.78 is 43.5. The van der Waals surface area contributed by atoms with Crippen LogP contribution in [0.5, 0.6) is 0 Å². The van der Waals surface area contributed by atoms with E-state index in [9.17, 15) is 18.0 Å². The highest BCUT2D eigenvalue weighted by molar-refractivity contribution is 9.10. The van der Waals surface area contributed by atoms with Gasteiger partial charge < -0.3 is 5.21 Å². The molecule has 0 unspecified atom stereocenters.